The molecule has 0 bridgehead atoms. The van der Waals surface area contributed by atoms with E-state index < -0.39 is 0 Å². The van der Waals surface area contributed by atoms with E-state index in [9.17, 15) is 4.79 Å². The van der Waals surface area contributed by atoms with Crippen molar-refractivity contribution in [3.05, 3.63) is 18.0 Å². The first-order chi connectivity index (χ1) is 10.7. The van der Waals surface area contributed by atoms with Crippen molar-refractivity contribution in [3.8, 4) is 0 Å². The van der Waals surface area contributed by atoms with Gasteiger partial charge in [0.2, 0.25) is 5.91 Å². The molecule has 2 aliphatic heterocycles. The Kier molecular flexibility index (Phi) is 4.75. The maximum atomic E-state index is 12.8. The third kappa shape index (κ3) is 3.16. The molecule has 2 unspecified atom stereocenters. The van der Waals surface area contributed by atoms with E-state index in [-0.39, 0.29) is 11.9 Å². The molecular formula is C15H25N5O2. The number of carbonyl (C=O) groups excluding carboxylic acids is 1. The highest BCUT2D eigenvalue weighted by Crippen LogP contribution is 2.21. The first kappa shape index (κ1) is 15.5. The number of ether oxygens (including phenoxy) is 1. The molecule has 1 amide bonds. The summed E-state index contributed by atoms with van der Waals surface area (Å²) in [7, 11) is 3.69. The lowest BCUT2D eigenvalue weighted by molar-refractivity contribution is -0.132. The van der Waals surface area contributed by atoms with Crippen LogP contribution in [0.3, 0.4) is 0 Å². The van der Waals surface area contributed by atoms with Gasteiger partial charge in [-0.3, -0.25) is 14.4 Å². The average Bonchev–Trinajstić information content (AvgIpc) is 3.18. The highest BCUT2D eigenvalue weighted by Gasteiger charge is 2.34. The van der Waals surface area contributed by atoms with Crippen molar-refractivity contribution in [2.45, 2.75) is 18.5 Å². The van der Waals surface area contributed by atoms with Gasteiger partial charge in [0.15, 0.2) is 0 Å². The largest absolute Gasteiger partial charge is 0.379 e. The summed E-state index contributed by atoms with van der Waals surface area (Å²) in [5.74, 6) is 0.145. The fraction of sp³-hybridized carbons (Fsp3) is 0.733. The number of likely N-dealkylation sites (tertiary alicyclic amines) is 1. The van der Waals surface area contributed by atoms with Gasteiger partial charge in [-0.1, -0.05) is 0 Å². The molecule has 122 valence electrons. The Hall–Kier alpha value is -1.44. The third-order valence-corrected chi connectivity index (χ3v) is 4.63. The molecule has 3 rings (SSSR count). The van der Waals surface area contributed by atoms with Crippen LogP contribution in [-0.4, -0.2) is 78.0 Å². The summed E-state index contributed by atoms with van der Waals surface area (Å²) in [5.41, 5.74) is 0.921. The zero-order valence-corrected chi connectivity index (χ0v) is 13.4. The number of nitrogens with one attached hydrogen (secondary N) is 1. The van der Waals surface area contributed by atoms with Crippen molar-refractivity contribution in [2.24, 2.45) is 7.05 Å². The smallest absolute Gasteiger partial charge is 0.244 e. The second kappa shape index (κ2) is 6.76. The molecule has 1 aromatic rings. The third-order valence-electron chi connectivity index (χ3n) is 4.63. The summed E-state index contributed by atoms with van der Waals surface area (Å²) in [5, 5.41) is 7.29. The molecule has 0 radical (unpaired) electrons. The number of hydrogen-bond acceptors (Lipinski definition) is 5. The van der Waals surface area contributed by atoms with Crippen molar-refractivity contribution in [3.63, 3.8) is 0 Å². The van der Waals surface area contributed by atoms with Crippen molar-refractivity contribution < 1.29 is 9.53 Å². The van der Waals surface area contributed by atoms with Crippen LogP contribution in [0.25, 0.3) is 0 Å². The maximum Gasteiger partial charge on any atom is 0.244 e. The lowest BCUT2D eigenvalue weighted by Gasteiger charge is -2.32. The van der Waals surface area contributed by atoms with Crippen molar-refractivity contribution in [1.29, 1.82) is 0 Å². The minimum absolute atomic E-state index is 0.145. The van der Waals surface area contributed by atoms with Gasteiger partial charge in [0.05, 0.1) is 19.4 Å². The summed E-state index contributed by atoms with van der Waals surface area (Å²) in [6.45, 7) is 5.21. The number of rotatable bonds is 4. The summed E-state index contributed by atoms with van der Waals surface area (Å²) in [4.78, 5) is 17.2. The van der Waals surface area contributed by atoms with Crippen LogP contribution < -0.4 is 5.32 Å². The van der Waals surface area contributed by atoms with Gasteiger partial charge in [-0.05, 0) is 13.5 Å². The summed E-state index contributed by atoms with van der Waals surface area (Å²) in [6.07, 6.45) is 4.71. The van der Waals surface area contributed by atoms with Crippen LogP contribution in [0.2, 0.25) is 0 Å². The van der Waals surface area contributed by atoms with E-state index in [1.165, 1.54) is 0 Å². The molecule has 7 nitrogen and oxygen atoms in total. The van der Waals surface area contributed by atoms with E-state index in [1.807, 2.05) is 25.2 Å². The Morgan fingerprint density at radius 3 is 2.82 bits per heavy atom. The quantitative estimate of drug-likeness (QED) is 0.821. The van der Waals surface area contributed by atoms with Gasteiger partial charge in [0, 0.05) is 51.0 Å². The standard InChI is InChI=1S/C15H25N5O2/c1-16-14(12-9-17-18(2)10-12)15(21)20-4-3-13(11-20)19-5-7-22-8-6-19/h9-10,13-14,16H,3-8,11H2,1-2H3. The molecule has 0 aliphatic carbocycles. The van der Waals surface area contributed by atoms with Crippen molar-refractivity contribution >= 4 is 5.91 Å². The highest BCUT2D eigenvalue weighted by atomic mass is 16.5. The van der Waals surface area contributed by atoms with Crippen LogP contribution in [0.4, 0.5) is 0 Å². The summed E-state index contributed by atoms with van der Waals surface area (Å²) in [6, 6.07) is 0.163. The number of aryl methyl sites for hydroxylation is 1. The summed E-state index contributed by atoms with van der Waals surface area (Å²) < 4.78 is 7.14. The molecule has 0 aromatic carbocycles. The molecule has 2 aliphatic rings. The highest BCUT2D eigenvalue weighted by molar-refractivity contribution is 5.83. The Morgan fingerprint density at radius 1 is 1.41 bits per heavy atom. The first-order valence-corrected chi connectivity index (χ1v) is 7.95. The van der Waals surface area contributed by atoms with Gasteiger partial charge in [0.1, 0.15) is 6.04 Å². The fourth-order valence-electron chi connectivity index (χ4n) is 3.39. The predicted molar refractivity (Wildman–Crippen MR) is 82.4 cm³/mol. The van der Waals surface area contributed by atoms with Crippen LogP contribution in [0.15, 0.2) is 12.4 Å². The Bertz CT molecular complexity index is 512. The molecule has 2 saturated heterocycles. The van der Waals surface area contributed by atoms with E-state index in [4.69, 9.17) is 4.74 Å². The van der Waals surface area contributed by atoms with E-state index in [1.54, 1.807) is 10.9 Å². The Balaban J connectivity index is 1.62. The Labute approximate surface area is 131 Å². The number of likely N-dealkylation sites (N-methyl/N-ethyl adjacent to an activating group) is 1. The van der Waals surface area contributed by atoms with Crippen LogP contribution in [-0.2, 0) is 16.6 Å². The normalized spacial score (nSPS) is 24.6. The Morgan fingerprint density at radius 2 is 2.18 bits per heavy atom. The topological polar surface area (TPSA) is 62.6 Å². The van der Waals surface area contributed by atoms with Crippen molar-refractivity contribution in [2.75, 3.05) is 46.4 Å². The number of hydrogen-bond donors (Lipinski definition) is 1. The zero-order chi connectivity index (χ0) is 15.5. The number of aromatic nitrogens is 2. The number of morpholine rings is 1. The number of carbonyl (C=O) groups is 1. The summed E-state index contributed by atoms with van der Waals surface area (Å²) >= 11 is 0. The van der Waals surface area contributed by atoms with Gasteiger partial charge >= 0.3 is 0 Å². The molecule has 0 spiro atoms. The average molecular weight is 307 g/mol. The van der Waals surface area contributed by atoms with Crippen molar-refractivity contribution in [1.82, 2.24) is 24.9 Å². The maximum absolute atomic E-state index is 12.8. The fourth-order valence-corrected chi connectivity index (χ4v) is 3.39. The van der Waals surface area contributed by atoms with E-state index in [0.717, 1.165) is 51.4 Å². The second-order valence-electron chi connectivity index (χ2n) is 6.04. The molecule has 22 heavy (non-hydrogen) atoms. The molecule has 1 N–H and O–H groups in total. The van der Waals surface area contributed by atoms with Gasteiger partial charge in [-0.25, -0.2) is 0 Å². The van der Waals surface area contributed by atoms with Crippen LogP contribution >= 0.6 is 0 Å². The van der Waals surface area contributed by atoms with Gasteiger partial charge in [0.25, 0.3) is 0 Å². The molecule has 2 fully saturated rings. The SMILES string of the molecule is CNC(C(=O)N1CCC(N2CCOCC2)C1)c1cnn(C)c1. The molecule has 3 heterocycles. The van der Waals surface area contributed by atoms with Gasteiger partial charge in [-0.15, -0.1) is 0 Å². The molecule has 2 atom stereocenters. The molecule has 1 aromatic heterocycles. The first-order valence-electron chi connectivity index (χ1n) is 7.95. The van der Waals surface area contributed by atoms with Crippen LogP contribution in [0.1, 0.15) is 18.0 Å². The monoisotopic (exact) mass is 307 g/mol. The van der Waals surface area contributed by atoms with Gasteiger partial charge in [-0.2, -0.15) is 5.10 Å². The molecule has 0 saturated carbocycles. The van der Waals surface area contributed by atoms with Crippen LogP contribution in [0.5, 0.6) is 0 Å². The lowest BCUT2D eigenvalue weighted by Crippen LogP contribution is -2.46. The van der Waals surface area contributed by atoms with Gasteiger partial charge < -0.3 is 15.0 Å². The van der Waals surface area contributed by atoms with E-state index >= 15 is 0 Å². The predicted octanol–water partition coefficient (Wildman–Crippen LogP) is -0.386. The van der Waals surface area contributed by atoms with E-state index in [2.05, 4.69) is 15.3 Å². The minimum atomic E-state index is -0.308. The number of nitrogens with zero attached hydrogens (tertiary/aromatic N) is 4. The number of amides is 1. The van der Waals surface area contributed by atoms with E-state index in [0.29, 0.717) is 6.04 Å². The second-order valence-corrected chi connectivity index (χ2v) is 6.04. The minimum Gasteiger partial charge on any atom is -0.379 e. The lowest BCUT2D eigenvalue weighted by atomic mass is 10.1. The molecule has 7 heteroatoms. The zero-order valence-electron chi connectivity index (χ0n) is 13.4. The van der Waals surface area contributed by atoms with Crippen LogP contribution in [0, 0.1) is 0 Å². The molecular weight excluding hydrogens is 282 g/mol.